The van der Waals surface area contributed by atoms with E-state index in [1.54, 1.807) is 46.8 Å². The molecule has 0 atom stereocenters. The molecule has 0 bridgehead atoms. The van der Waals surface area contributed by atoms with E-state index < -0.39 is 0 Å². The number of ether oxygens (including phenoxy) is 4. The highest BCUT2D eigenvalue weighted by Crippen LogP contribution is 2.31. The van der Waals surface area contributed by atoms with Crippen molar-refractivity contribution in [2.75, 3.05) is 39.1 Å². The Hall–Kier alpha value is -3.68. The third kappa shape index (κ3) is 4.98. The van der Waals surface area contributed by atoms with Crippen LogP contribution in [0.4, 0.5) is 17.5 Å². The van der Waals surface area contributed by atoms with Crippen LogP contribution in [0.15, 0.2) is 48.7 Å². The van der Waals surface area contributed by atoms with E-state index >= 15 is 0 Å². The number of benzene rings is 2. The fourth-order valence-electron chi connectivity index (χ4n) is 2.72. The molecule has 29 heavy (non-hydrogen) atoms. The predicted molar refractivity (Wildman–Crippen MR) is 112 cm³/mol. The molecule has 0 fully saturated rings. The summed E-state index contributed by atoms with van der Waals surface area (Å²) in [5, 5.41) is 6.45. The summed E-state index contributed by atoms with van der Waals surface area (Å²) in [5.74, 6) is 3.85. The molecule has 1 heterocycles. The normalized spacial score (nSPS) is 10.2. The molecule has 0 saturated carbocycles. The second-order valence-corrected chi connectivity index (χ2v) is 6.00. The van der Waals surface area contributed by atoms with Crippen LogP contribution in [0.1, 0.15) is 5.56 Å². The van der Waals surface area contributed by atoms with Crippen molar-refractivity contribution in [1.82, 2.24) is 9.97 Å². The smallest absolute Gasteiger partial charge is 0.229 e. The van der Waals surface area contributed by atoms with Gasteiger partial charge in [0.1, 0.15) is 17.3 Å². The van der Waals surface area contributed by atoms with Crippen LogP contribution in [0.2, 0.25) is 0 Å². The lowest BCUT2D eigenvalue weighted by Crippen LogP contribution is -2.05. The lowest BCUT2D eigenvalue weighted by atomic mass is 10.2. The standard InChI is InChI=1S/C21H24N4O4/c1-26-15-6-7-16(18(12-15)28-3)24-21-22-10-9-20(25-21)23-13-14-5-8-17(27-2)19(11-14)29-4/h5-12H,13H2,1-4H3,(H2,22,23,24,25). The molecule has 0 amide bonds. The summed E-state index contributed by atoms with van der Waals surface area (Å²) < 4.78 is 21.2. The van der Waals surface area contributed by atoms with Gasteiger partial charge in [-0.15, -0.1) is 0 Å². The van der Waals surface area contributed by atoms with Crippen molar-refractivity contribution in [3.05, 3.63) is 54.2 Å². The largest absolute Gasteiger partial charge is 0.497 e. The van der Waals surface area contributed by atoms with Crippen LogP contribution in [0.3, 0.4) is 0 Å². The first kappa shape index (κ1) is 20.1. The Morgan fingerprint density at radius 1 is 0.793 bits per heavy atom. The van der Waals surface area contributed by atoms with Crippen molar-refractivity contribution in [3.63, 3.8) is 0 Å². The number of rotatable bonds is 9. The highest BCUT2D eigenvalue weighted by Gasteiger charge is 2.08. The molecule has 0 radical (unpaired) electrons. The quantitative estimate of drug-likeness (QED) is 0.564. The molecule has 0 aliphatic heterocycles. The van der Waals surface area contributed by atoms with E-state index in [1.807, 2.05) is 30.3 Å². The maximum atomic E-state index is 5.40. The number of anilines is 3. The first-order valence-electron chi connectivity index (χ1n) is 8.93. The topological polar surface area (TPSA) is 86.8 Å². The van der Waals surface area contributed by atoms with E-state index in [-0.39, 0.29) is 0 Å². The van der Waals surface area contributed by atoms with Crippen LogP contribution < -0.4 is 29.6 Å². The van der Waals surface area contributed by atoms with E-state index in [1.165, 1.54) is 0 Å². The monoisotopic (exact) mass is 396 g/mol. The second kappa shape index (κ2) is 9.50. The molecule has 2 N–H and O–H groups in total. The molecule has 0 spiro atoms. The van der Waals surface area contributed by atoms with Gasteiger partial charge >= 0.3 is 0 Å². The Kier molecular flexibility index (Phi) is 6.57. The van der Waals surface area contributed by atoms with Crippen LogP contribution in [-0.2, 0) is 6.54 Å². The molecule has 3 rings (SSSR count). The van der Waals surface area contributed by atoms with E-state index in [2.05, 4.69) is 20.6 Å². The highest BCUT2D eigenvalue weighted by atomic mass is 16.5. The van der Waals surface area contributed by atoms with Gasteiger partial charge in [0.25, 0.3) is 0 Å². The minimum atomic E-state index is 0.450. The van der Waals surface area contributed by atoms with Crippen LogP contribution in [0, 0.1) is 0 Å². The van der Waals surface area contributed by atoms with E-state index in [4.69, 9.17) is 18.9 Å². The van der Waals surface area contributed by atoms with Gasteiger partial charge in [0.2, 0.25) is 5.95 Å². The molecule has 2 aromatic carbocycles. The van der Waals surface area contributed by atoms with E-state index in [9.17, 15) is 0 Å². The van der Waals surface area contributed by atoms with Crippen molar-refractivity contribution in [1.29, 1.82) is 0 Å². The van der Waals surface area contributed by atoms with Gasteiger partial charge in [0, 0.05) is 18.8 Å². The molecular weight excluding hydrogens is 372 g/mol. The molecule has 0 saturated heterocycles. The Balaban J connectivity index is 1.70. The zero-order valence-electron chi connectivity index (χ0n) is 16.9. The van der Waals surface area contributed by atoms with Gasteiger partial charge in [-0.3, -0.25) is 0 Å². The van der Waals surface area contributed by atoms with Crippen LogP contribution in [0.25, 0.3) is 0 Å². The summed E-state index contributed by atoms with van der Waals surface area (Å²) in [6, 6.07) is 13.1. The summed E-state index contributed by atoms with van der Waals surface area (Å²) in [7, 11) is 6.44. The van der Waals surface area contributed by atoms with Crippen LogP contribution in [0.5, 0.6) is 23.0 Å². The Bertz CT molecular complexity index is 965. The number of nitrogens with one attached hydrogen (secondary N) is 2. The predicted octanol–water partition coefficient (Wildman–Crippen LogP) is 3.87. The molecule has 8 nitrogen and oxygen atoms in total. The number of nitrogens with zero attached hydrogens (tertiary/aromatic N) is 2. The Labute approximate surface area is 169 Å². The van der Waals surface area contributed by atoms with Gasteiger partial charge in [-0.05, 0) is 35.9 Å². The van der Waals surface area contributed by atoms with Gasteiger partial charge in [0.05, 0.1) is 34.1 Å². The zero-order chi connectivity index (χ0) is 20.6. The van der Waals surface area contributed by atoms with Gasteiger partial charge in [-0.25, -0.2) is 4.98 Å². The van der Waals surface area contributed by atoms with Crippen LogP contribution >= 0.6 is 0 Å². The zero-order valence-corrected chi connectivity index (χ0v) is 16.9. The molecule has 0 unspecified atom stereocenters. The molecule has 0 aliphatic carbocycles. The summed E-state index contributed by atoms with van der Waals surface area (Å²) in [6.07, 6.45) is 1.68. The summed E-state index contributed by atoms with van der Waals surface area (Å²) in [5.41, 5.74) is 1.78. The van der Waals surface area contributed by atoms with E-state index in [0.717, 1.165) is 11.3 Å². The molecule has 8 heteroatoms. The van der Waals surface area contributed by atoms with Crippen molar-refractivity contribution in [3.8, 4) is 23.0 Å². The fourth-order valence-corrected chi connectivity index (χ4v) is 2.72. The molecule has 0 aliphatic rings. The average molecular weight is 396 g/mol. The number of hydrogen-bond donors (Lipinski definition) is 2. The molecule has 1 aromatic heterocycles. The molecule has 3 aromatic rings. The van der Waals surface area contributed by atoms with Crippen molar-refractivity contribution in [2.24, 2.45) is 0 Å². The lowest BCUT2D eigenvalue weighted by Gasteiger charge is -2.13. The minimum absolute atomic E-state index is 0.450. The first-order valence-corrected chi connectivity index (χ1v) is 8.93. The average Bonchev–Trinajstić information content (AvgIpc) is 2.78. The summed E-state index contributed by atoms with van der Waals surface area (Å²) in [4.78, 5) is 8.77. The van der Waals surface area contributed by atoms with Gasteiger partial charge < -0.3 is 29.6 Å². The van der Waals surface area contributed by atoms with Crippen molar-refractivity contribution < 1.29 is 18.9 Å². The minimum Gasteiger partial charge on any atom is -0.497 e. The Morgan fingerprint density at radius 2 is 1.59 bits per heavy atom. The number of methoxy groups -OCH3 is 4. The highest BCUT2D eigenvalue weighted by molar-refractivity contribution is 5.64. The van der Waals surface area contributed by atoms with Gasteiger partial charge in [-0.2, -0.15) is 4.98 Å². The SMILES string of the molecule is COc1ccc(Nc2nccc(NCc3ccc(OC)c(OC)c3)n2)c(OC)c1. The number of aromatic nitrogens is 2. The van der Waals surface area contributed by atoms with E-state index in [0.29, 0.717) is 41.3 Å². The summed E-state index contributed by atoms with van der Waals surface area (Å²) >= 11 is 0. The molecular formula is C21H24N4O4. The summed E-state index contributed by atoms with van der Waals surface area (Å²) in [6.45, 7) is 0.572. The van der Waals surface area contributed by atoms with Gasteiger partial charge in [-0.1, -0.05) is 6.07 Å². The van der Waals surface area contributed by atoms with Gasteiger partial charge in [0.15, 0.2) is 11.5 Å². The lowest BCUT2D eigenvalue weighted by molar-refractivity contribution is 0.354. The van der Waals surface area contributed by atoms with Crippen LogP contribution in [-0.4, -0.2) is 38.4 Å². The maximum Gasteiger partial charge on any atom is 0.229 e. The van der Waals surface area contributed by atoms with Crippen molar-refractivity contribution >= 4 is 17.5 Å². The second-order valence-electron chi connectivity index (χ2n) is 6.00. The molecule has 152 valence electrons. The van der Waals surface area contributed by atoms with Crippen molar-refractivity contribution in [2.45, 2.75) is 6.54 Å². The third-order valence-electron chi connectivity index (χ3n) is 4.23. The number of hydrogen-bond acceptors (Lipinski definition) is 8. The fraction of sp³-hybridized carbons (Fsp3) is 0.238. The third-order valence-corrected chi connectivity index (χ3v) is 4.23. The maximum absolute atomic E-state index is 5.40. The first-order chi connectivity index (χ1) is 14.2. The Morgan fingerprint density at radius 3 is 2.31 bits per heavy atom.